The molecule has 0 unspecified atom stereocenters. The Morgan fingerprint density at radius 3 is 2.85 bits per heavy atom. The lowest BCUT2D eigenvalue weighted by Gasteiger charge is -2.09. The number of halogens is 1. The van der Waals surface area contributed by atoms with E-state index in [1.54, 1.807) is 13.0 Å². The fraction of sp³-hybridized carbons (Fsp3) is 0.316. The molecule has 1 aromatic carbocycles. The molecular formula is C19H22ClN3O3. The number of carbonyl (C=O) groups is 1. The number of carbonyl (C=O) groups excluding carboxylic acids is 1. The second-order valence-corrected chi connectivity index (χ2v) is 6.01. The number of alkyl carbamates (subject to hydrolysis) is 1. The number of aromatic nitrogens is 1. The van der Waals surface area contributed by atoms with Gasteiger partial charge in [-0.3, -0.25) is 4.98 Å². The number of nitrogens with one attached hydrogen (secondary N) is 1. The van der Waals surface area contributed by atoms with E-state index in [0.29, 0.717) is 23.9 Å². The second kappa shape index (κ2) is 9.77. The largest absolute Gasteiger partial charge is 0.450 e. The van der Waals surface area contributed by atoms with Crippen LogP contribution in [-0.2, 0) is 22.7 Å². The molecule has 0 aliphatic carbocycles. The van der Waals surface area contributed by atoms with E-state index >= 15 is 0 Å². The molecule has 26 heavy (non-hydrogen) atoms. The molecule has 7 heteroatoms. The number of oxime groups is 1. The van der Waals surface area contributed by atoms with Crippen LogP contribution in [0.25, 0.3) is 0 Å². The Morgan fingerprint density at radius 2 is 2.12 bits per heavy atom. The van der Waals surface area contributed by atoms with Crippen LogP contribution in [0, 0.1) is 6.92 Å². The topological polar surface area (TPSA) is 72.8 Å². The van der Waals surface area contributed by atoms with Crippen LogP contribution >= 0.6 is 11.6 Å². The number of nitrogens with zero attached hydrogens (tertiary/aromatic N) is 2. The van der Waals surface area contributed by atoms with Gasteiger partial charge < -0.3 is 14.9 Å². The Morgan fingerprint density at radius 1 is 1.31 bits per heavy atom. The summed E-state index contributed by atoms with van der Waals surface area (Å²) in [6, 6.07) is 11.2. The van der Waals surface area contributed by atoms with Crippen molar-refractivity contribution in [1.29, 1.82) is 0 Å². The van der Waals surface area contributed by atoms with Crippen molar-refractivity contribution >= 4 is 23.4 Å². The first-order valence-electron chi connectivity index (χ1n) is 8.28. The summed E-state index contributed by atoms with van der Waals surface area (Å²) in [6.07, 6.45) is -0.478. The van der Waals surface area contributed by atoms with Crippen LogP contribution in [0.3, 0.4) is 0 Å². The number of hydrogen-bond acceptors (Lipinski definition) is 5. The van der Waals surface area contributed by atoms with Gasteiger partial charge in [0.15, 0.2) is 6.61 Å². The maximum atomic E-state index is 11.4. The maximum absolute atomic E-state index is 11.4. The van der Waals surface area contributed by atoms with E-state index in [0.717, 1.165) is 22.5 Å². The van der Waals surface area contributed by atoms with E-state index in [4.69, 9.17) is 21.2 Å². The zero-order chi connectivity index (χ0) is 18.9. The summed E-state index contributed by atoms with van der Waals surface area (Å²) in [7, 11) is 0. The van der Waals surface area contributed by atoms with E-state index < -0.39 is 6.09 Å². The van der Waals surface area contributed by atoms with Crippen molar-refractivity contribution < 1.29 is 14.4 Å². The van der Waals surface area contributed by atoms with Gasteiger partial charge in [-0.2, -0.15) is 0 Å². The molecule has 0 radical (unpaired) electrons. The molecule has 0 aliphatic rings. The van der Waals surface area contributed by atoms with E-state index in [1.165, 1.54) is 0 Å². The number of benzene rings is 1. The van der Waals surface area contributed by atoms with Gasteiger partial charge in [0, 0.05) is 17.3 Å². The number of hydrogen-bond donors (Lipinski definition) is 1. The first-order chi connectivity index (χ1) is 12.5. The Labute approximate surface area is 158 Å². The lowest BCUT2D eigenvalue weighted by molar-refractivity contribution is 0.127. The maximum Gasteiger partial charge on any atom is 0.407 e. The highest BCUT2D eigenvalue weighted by molar-refractivity contribution is 6.31. The van der Waals surface area contributed by atoms with Gasteiger partial charge in [0.05, 0.1) is 18.0 Å². The lowest BCUT2D eigenvalue weighted by atomic mass is 10.1. The van der Waals surface area contributed by atoms with Crippen molar-refractivity contribution in [3.8, 4) is 0 Å². The van der Waals surface area contributed by atoms with Crippen LogP contribution in [0.5, 0.6) is 0 Å². The quantitative estimate of drug-likeness (QED) is 0.580. The number of ether oxygens (including phenoxy) is 1. The normalized spacial score (nSPS) is 11.2. The first kappa shape index (κ1) is 19.7. The fourth-order valence-corrected chi connectivity index (χ4v) is 2.40. The minimum absolute atomic E-state index is 0.271. The SMILES string of the molecule is CCOC(=O)NCc1cc(C(C)=NOCc2cccc(C)n2)ccc1Cl. The number of pyridine rings is 1. The molecule has 138 valence electrons. The lowest BCUT2D eigenvalue weighted by Crippen LogP contribution is -2.23. The Hall–Kier alpha value is -2.60. The highest BCUT2D eigenvalue weighted by Crippen LogP contribution is 2.18. The average molecular weight is 376 g/mol. The Kier molecular flexibility index (Phi) is 7.41. The van der Waals surface area contributed by atoms with Crippen LogP contribution in [0.4, 0.5) is 4.79 Å². The Balaban J connectivity index is 2.00. The van der Waals surface area contributed by atoms with Crippen molar-refractivity contribution in [1.82, 2.24) is 10.3 Å². The van der Waals surface area contributed by atoms with Crippen molar-refractivity contribution in [3.63, 3.8) is 0 Å². The zero-order valence-electron chi connectivity index (χ0n) is 15.1. The van der Waals surface area contributed by atoms with Crippen LogP contribution in [-0.4, -0.2) is 23.4 Å². The van der Waals surface area contributed by atoms with Crippen molar-refractivity contribution in [2.24, 2.45) is 5.16 Å². The van der Waals surface area contributed by atoms with Gasteiger partial charge in [0.2, 0.25) is 0 Å². The summed E-state index contributed by atoms with van der Waals surface area (Å²) in [5.74, 6) is 0. The Bertz CT molecular complexity index is 793. The number of rotatable bonds is 7. The highest BCUT2D eigenvalue weighted by Gasteiger charge is 2.07. The molecule has 0 fully saturated rings. The summed E-state index contributed by atoms with van der Waals surface area (Å²) in [4.78, 5) is 21.2. The predicted octanol–water partition coefficient (Wildman–Crippen LogP) is 4.23. The minimum atomic E-state index is -0.478. The van der Waals surface area contributed by atoms with Crippen LogP contribution in [0.1, 0.15) is 36.4 Å². The fourth-order valence-electron chi connectivity index (χ4n) is 2.21. The molecule has 0 bridgehead atoms. The van der Waals surface area contributed by atoms with Crippen LogP contribution in [0.2, 0.25) is 5.02 Å². The van der Waals surface area contributed by atoms with Gasteiger partial charge in [-0.25, -0.2) is 4.79 Å². The van der Waals surface area contributed by atoms with E-state index in [-0.39, 0.29) is 6.54 Å². The summed E-state index contributed by atoms with van der Waals surface area (Å²) in [5, 5.41) is 7.35. The van der Waals surface area contributed by atoms with Gasteiger partial charge in [0.25, 0.3) is 0 Å². The number of aryl methyl sites for hydroxylation is 1. The van der Waals surface area contributed by atoms with E-state index in [9.17, 15) is 4.79 Å². The van der Waals surface area contributed by atoms with Crippen molar-refractivity contribution in [3.05, 3.63) is 63.9 Å². The van der Waals surface area contributed by atoms with Crippen molar-refractivity contribution in [2.45, 2.75) is 33.9 Å². The molecule has 1 amide bonds. The molecule has 2 rings (SSSR count). The molecule has 1 N–H and O–H groups in total. The van der Waals surface area contributed by atoms with Crippen molar-refractivity contribution in [2.75, 3.05) is 6.61 Å². The summed E-state index contributed by atoms with van der Waals surface area (Å²) in [6.45, 7) is 6.40. The molecule has 0 saturated heterocycles. The molecule has 1 aromatic heterocycles. The molecule has 6 nitrogen and oxygen atoms in total. The van der Waals surface area contributed by atoms with Gasteiger partial charge >= 0.3 is 6.09 Å². The zero-order valence-corrected chi connectivity index (χ0v) is 15.8. The average Bonchev–Trinajstić information content (AvgIpc) is 2.61. The molecule has 1 heterocycles. The van der Waals surface area contributed by atoms with Gasteiger partial charge in [-0.1, -0.05) is 28.9 Å². The molecule has 0 atom stereocenters. The predicted molar refractivity (Wildman–Crippen MR) is 101 cm³/mol. The molecule has 0 aliphatic heterocycles. The van der Waals surface area contributed by atoms with E-state index in [2.05, 4.69) is 15.5 Å². The molecule has 0 saturated carbocycles. The minimum Gasteiger partial charge on any atom is -0.450 e. The number of amides is 1. The third kappa shape index (κ3) is 6.04. The second-order valence-electron chi connectivity index (χ2n) is 5.60. The monoisotopic (exact) mass is 375 g/mol. The first-order valence-corrected chi connectivity index (χ1v) is 8.66. The summed E-state index contributed by atoms with van der Waals surface area (Å²) >= 11 is 6.19. The standard InChI is InChI=1S/C19H22ClN3O3/c1-4-25-19(24)21-11-16-10-15(8-9-18(16)20)14(3)23-26-12-17-7-5-6-13(2)22-17/h5-10H,4,11-12H2,1-3H3,(H,21,24). The van der Waals surface area contributed by atoms with Gasteiger partial charge in [-0.15, -0.1) is 0 Å². The van der Waals surface area contributed by atoms with E-state index in [1.807, 2.05) is 44.2 Å². The third-order valence-electron chi connectivity index (χ3n) is 3.52. The molecule has 2 aromatic rings. The molecule has 0 spiro atoms. The molecular weight excluding hydrogens is 354 g/mol. The highest BCUT2D eigenvalue weighted by atomic mass is 35.5. The summed E-state index contributed by atoms with van der Waals surface area (Å²) < 4.78 is 4.84. The van der Waals surface area contributed by atoms with Crippen LogP contribution < -0.4 is 5.32 Å². The van der Waals surface area contributed by atoms with Crippen LogP contribution in [0.15, 0.2) is 41.6 Å². The van der Waals surface area contributed by atoms with Gasteiger partial charge in [-0.05, 0) is 56.2 Å². The van der Waals surface area contributed by atoms with Gasteiger partial charge in [0.1, 0.15) is 0 Å². The summed E-state index contributed by atoms with van der Waals surface area (Å²) in [5.41, 5.74) is 4.08. The third-order valence-corrected chi connectivity index (χ3v) is 3.89. The smallest absolute Gasteiger partial charge is 0.407 e.